The number of halogens is 1. The molecule has 2 aromatic rings. The van der Waals surface area contributed by atoms with E-state index < -0.39 is 12.0 Å². The highest BCUT2D eigenvalue weighted by atomic mass is 19.1. The largest absolute Gasteiger partial charge is 0.480 e. The van der Waals surface area contributed by atoms with Crippen LogP contribution in [0.25, 0.3) is 0 Å². The first-order valence-corrected chi connectivity index (χ1v) is 7.42. The van der Waals surface area contributed by atoms with Gasteiger partial charge in [0.1, 0.15) is 11.9 Å². The van der Waals surface area contributed by atoms with Gasteiger partial charge in [-0.1, -0.05) is 17.3 Å². The van der Waals surface area contributed by atoms with Crippen molar-refractivity contribution in [1.29, 1.82) is 0 Å². The zero-order chi connectivity index (χ0) is 17.7. The number of carboxylic acid groups (broad SMARTS) is 1. The Morgan fingerprint density at radius 3 is 2.88 bits per heavy atom. The second-order valence-corrected chi connectivity index (χ2v) is 5.51. The van der Waals surface area contributed by atoms with Gasteiger partial charge in [-0.15, -0.1) is 0 Å². The maximum absolute atomic E-state index is 13.4. The number of likely N-dealkylation sites (N-methyl/N-ethyl adjacent to an activating group) is 1. The van der Waals surface area contributed by atoms with E-state index in [1.54, 1.807) is 26.0 Å². The van der Waals surface area contributed by atoms with Crippen LogP contribution in [0.15, 0.2) is 22.7 Å². The Morgan fingerprint density at radius 2 is 2.25 bits per heavy atom. The van der Waals surface area contributed by atoms with Crippen molar-refractivity contribution in [3.63, 3.8) is 0 Å². The summed E-state index contributed by atoms with van der Waals surface area (Å²) in [6.07, 6.45) is 0.517. The lowest BCUT2D eigenvalue weighted by Gasteiger charge is -2.23. The maximum atomic E-state index is 13.4. The SMILES string of the molecule is COCCc1noc(CN(C)[C@@H](C(=O)O)c2ccc(F)c(C)c2)n1. The molecule has 24 heavy (non-hydrogen) atoms. The fraction of sp³-hybridized carbons (Fsp3) is 0.438. The van der Waals surface area contributed by atoms with Gasteiger partial charge in [0.25, 0.3) is 0 Å². The van der Waals surface area contributed by atoms with Crippen molar-refractivity contribution in [3.8, 4) is 0 Å². The van der Waals surface area contributed by atoms with E-state index in [1.807, 2.05) is 0 Å². The Kier molecular flexibility index (Phi) is 5.99. The standard InChI is InChI=1S/C16H20FN3O4/c1-10-8-11(4-5-12(10)17)15(16(21)22)20(2)9-14-18-13(19-24-14)6-7-23-3/h4-5,8,15H,6-7,9H2,1-3H3,(H,21,22)/t15-/m1/s1. The number of rotatable bonds is 8. The third kappa shape index (κ3) is 4.36. The number of ether oxygens (including phenoxy) is 1. The van der Waals surface area contributed by atoms with Crippen LogP contribution in [-0.2, 0) is 22.5 Å². The second kappa shape index (κ2) is 7.98. The number of nitrogens with zero attached hydrogens (tertiary/aromatic N) is 3. The van der Waals surface area contributed by atoms with Crippen molar-refractivity contribution in [2.24, 2.45) is 0 Å². The molecule has 0 saturated carbocycles. The van der Waals surface area contributed by atoms with Crippen molar-refractivity contribution in [1.82, 2.24) is 15.0 Å². The van der Waals surface area contributed by atoms with Crippen LogP contribution in [0.3, 0.4) is 0 Å². The van der Waals surface area contributed by atoms with Crippen LogP contribution in [0.5, 0.6) is 0 Å². The van der Waals surface area contributed by atoms with Crippen molar-refractivity contribution < 1.29 is 23.6 Å². The minimum absolute atomic E-state index is 0.160. The number of hydrogen-bond donors (Lipinski definition) is 1. The molecule has 1 atom stereocenters. The van der Waals surface area contributed by atoms with Gasteiger partial charge in [0.2, 0.25) is 5.89 Å². The molecule has 0 spiro atoms. The number of methoxy groups -OCH3 is 1. The molecular weight excluding hydrogens is 317 g/mol. The van der Waals surface area contributed by atoms with Gasteiger partial charge in [-0.3, -0.25) is 9.69 Å². The lowest BCUT2D eigenvalue weighted by Crippen LogP contribution is -2.30. The number of carbonyl (C=O) groups is 1. The molecule has 1 N–H and O–H groups in total. The zero-order valence-corrected chi connectivity index (χ0v) is 13.8. The van der Waals surface area contributed by atoms with Gasteiger partial charge < -0.3 is 14.4 Å². The van der Waals surface area contributed by atoms with Gasteiger partial charge >= 0.3 is 5.97 Å². The van der Waals surface area contributed by atoms with E-state index in [2.05, 4.69) is 10.1 Å². The molecule has 0 amide bonds. The predicted octanol–water partition coefficient (Wildman–Crippen LogP) is 1.96. The van der Waals surface area contributed by atoms with E-state index in [9.17, 15) is 14.3 Å². The van der Waals surface area contributed by atoms with Gasteiger partial charge in [-0.25, -0.2) is 4.39 Å². The van der Waals surface area contributed by atoms with E-state index in [1.165, 1.54) is 18.2 Å². The first kappa shape index (κ1) is 18.0. The van der Waals surface area contributed by atoms with Crippen LogP contribution in [-0.4, -0.2) is 46.9 Å². The van der Waals surface area contributed by atoms with E-state index in [0.717, 1.165) is 0 Å². The molecule has 0 aliphatic carbocycles. The summed E-state index contributed by atoms with van der Waals surface area (Å²) in [5.74, 6) is -0.591. The summed E-state index contributed by atoms with van der Waals surface area (Å²) in [6.45, 7) is 2.23. The number of aryl methyl sites for hydroxylation is 1. The third-order valence-corrected chi connectivity index (χ3v) is 3.60. The summed E-state index contributed by atoms with van der Waals surface area (Å²) < 4.78 is 23.5. The van der Waals surface area contributed by atoms with E-state index in [-0.39, 0.29) is 12.4 Å². The van der Waals surface area contributed by atoms with Gasteiger partial charge in [-0.2, -0.15) is 4.98 Å². The molecule has 0 fully saturated rings. The van der Waals surface area contributed by atoms with Crippen LogP contribution in [0.4, 0.5) is 4.39 Å². The Hall–Kier alpha value is -2.32. The fourth-order valence-electron chi connectivity index (χ4n) is 2.38. The molecule has 1 aromatic heterocycles. The van der Waals surface area contributed by atoms with Crippen molar-refractivity contribution in [3.05, 3.63) is 46.9 Å². The molecule has 0 bridgehead atoms. The smallest absolute Gasteiger partial charge is 0.325 e. The van der Waals surface area contributed by atoms with Crippen molar-refractivity contribution in [2.75, 3.05) is 20.8 Å². The molecular formula is C16H20FN3O4. The second-order valence-electron chi connectivity index (χ2n) is 5.51. The maximum Gasteiger partial charge on any atom is 0.325 e. The van der Waals surface area contributed by atoms with Crippen LogP contribution >= 0.6 is 0 Å². The highest BCUT2D eigenvalue weighted by Gasteiger charge is 2.26. The summed E-state index contributed by atoms with van der Waals surface area (Å²) in [4.78, 5) is 17.4. The van der Waals surface area contributed by atoms with Crippen LogP contribution in [0, 0.1) is 12.7 Å². The summed E-state index contributed by atoms with van der Waals surface area (Å²) in [5, 5.41) is 13.4. The molecule has 2 rings (SSSR count). The average Bonchev–Trinajstić information content (AvgIpc) is 2.96. The minimum Gasteiger partial charge on any atom is -0.480 e. The van der Waals surface area contributed by atoms with Crippen LogP contribution in [0.2, 0.25) is 0 Å². The van der Waals surface area contributed by atoms with E-state index in [4.69, 9.17) is 9.26 Å². The Bertz CT molecular complexity index is 704. The molecule has 0 unspecified atom stereocenters. The Labute approximate surface area is 139 Å². The lowest BCUT2D eigenvalue weighted by atomic mass is 10.0. The Morgan fingerprint density at radius 1 is 1.50 bits per heavy atom. The normalized spacial score (nSPS) is 12.5. The summed E-state index contributed by atoms with van der Waals surface area (Å²) >= 11 is 0. The zero-order valence-electron chi connectivity index (χ0n) is 13.8. The molecule has 130 valence electrons. The number of carboxylic acids is 1. The monoisotopic (exact) mass is 337 g/mol. The first-order chi connectivity index (χ1) is 11.4. The molecule has 8 heteroatoms. The quantitative estimate of drug-likeness (QED) is 0.787. The van der Waals surface area contributed by atoms with Gasteiger partial charge in [0, 0.05) is 13.5 Å². The van der Waals surface area contributed by atoms with Crippen molar-refractivity contribution in [2.45, 2.75) is 25.9 Å². The molecule has 0 radical (unpaired) electrons. The van der Waals surface area contributed by atoms with Crippen LogP contribution in [0.1, 0.15) is 28.9 Å². The molecule has 0 aliphatic heterocycles. The van der Waals surface area contributed by atoms with E-state index >= 15 is 0 Å². The lowest BCUT2D eigenvalue weighted by molar-refractivity contribution is -0.143. The summed E-state index contributed by atoms with van der Waals surface area (Å²) in [6, 6.07) is 3.32. The number of aromatic nitrogens is 2. The number of hydrogen-bond acceptors (Lipinski definition) is 6. The van der Waals surface area contributed by atoms with Gasteiger partial charge in [0.05, 0.1) is 13.2 Å². The molecule has 0 saturated heterocycles. The fourth-order valence-corrected chi connectivity index (χ4v) is 2.38. The van der Waals surface area contributed by atoms with E-state index in [0.29, 0.717) is 35.9 Å². The minimum atomic E-state index is -1.04. The summed E-state index contributed by atoms with van der Waals surface area (Å²) in [5.41, 5.74) is 0.884. The van der Waals surface area contributed by atoms with Gasteiger partial charge in [-0.05, 0) is 31.2 Å². The molecule has 0 aliphatic rings. The number of aliphatic carboxylic acids is 1. The predicted molar refractivity (Wildman–Crippen MR) is 82.9 cm³/mol. The highest BCUT2D eigenvalue weighted by molar-refractivity contribution is 5.75. The average molecular weight is 337 g/mol. The molecule has 7 nitrogen and oxygen atoms in total. The van der Waals surface area contributed by atoms with Gasteiger partial charge in [0.15, 0.2) is 5.82 Å². The number of benzene rings is 1. The highest BCUT2D eigenvalue weighted by Crippen LogP contribution is 2.23. The molecule has 1 aromatic carbocycles. The van der Waals surface area contributed by atoms with Crippen LogP contribution < -0.4 is 0 Å². The third-order valence-electron chi connectivity index (χ3n) is 3.60. The van der Waals surface area contributed by atoms with Crippen molar-refractivity contribution >= 4 is 5.97 Å². The summed E-state index contributed by atoms with van der Waals surface area (Å²) in [7, 11) is 3.22. The first-order valence-electron chi connectivity index (χ1n) is 7.42. The topological polar surface area (TPSA) is 88.7 Å². The molecule has 1 heterocycles. The Balaban J connectivity index is 2.14.